The molecule has 1 saturated heterocycles. The number of nitrogens with zero attached hydrogens (tertiary/aromatic N) is 2. The van der Waals surface area contributed by atoms with Crippen molar-refractivity contribution in [3.05, 3.63) is 75.7 Å². The summed E-state index contributed by atoms with van der Waals surface area (Å²) < 4.78 is 0. The highest BCUT2D eigenvalue weighted by Crippen LogP contribution is 2.23. The van der Waals surface area contributed by atoms with Crippen molar-refractivity contribution in [1.29, 1.82) is 0 Å². The summed E-state index contributed by atoms with van der Waals surface area (Å²) >= 11 is 1.53. The number of amides is 2. The summed E-state index contributed by atoms with van der Waals surface area (Å²) in [6.45, 7) is 0.757. The summed E-state index contributed by atoms with van der Waals surface area (Å²) in [6.07, 6.45) is 2.78. The number of hydrogen-bond acceptors (Lipinski definition) is 5. The molecule has 148 valence electrons. The number of carbonyl (C=O) groups excluding carboxylic acids is 2. The number of H-pyrrole nitrogens is 1. The van der Waals surface area contributed by atoms with Gasteiger partial charge in [0.2, 0.25) is 5.91 Å². The summed E-state index contributed by atoms with van der Waals surface area (Å²) in [5.41, 5.74) is 1.42. The van der Waals surface area contributed by atoms with Crippen molar-refractivity contribution in [2.24, 2.45) is 0 Å². The highest BCUT2D eigenvalue weighted by Gasteiger charge is 2.35. The van der Waals surface area contributed by atoms with Crippen molar-refractivity contribution >= 4 is 23.2 Å². The standard InChI is InChI=1S/C21H20N4O3S/c26-18-16(8-4-10-22-18)21(28)25-11-5-9-17(25)19(27)23-12-15-13-29-20(24-15)14-6-2-1-3-7-14/h1-4,6-8,10,13,17H,5,9,11-12H2,(H,22,26)(H,23,27). The van der Waals surface area contributed by atoms with E-state index >= 15 is 0 Å². The van der Waals surface area contributed by atoms with Crippen molar-refractivity contribution in [3.63, 3.8) is 0 Å². The highest BCUT2D eigenvalue weighted by molar-refractivity contribution is 7.13. The topological polar surface area (TPSA) is 95.2 Å². The van der Waals surface area contributed by atoms with E-state index < -0.39 is 17.5 Å². The van der Waals surface area contributed by atoms with Crippen LogP contribution in [0.15, 0.2) is 58.8 Å². The molecule has 2 amide bonds. The van der Waals surface area contributed by atoms with E-state index in [2.05, 4.69) is 15.3 Å². The normalized spacial score (nSPS) is 16.0. The maximum absolute atomic E-state index is 12.7. The van der Waals surface area contributed by atoms with Crippen LogP contribution >= 0.6 is 11.3 Å². The fraction of sp³-hybridized carbons (Fsp3) is 0.238. The van der Waals surface area contributed by atoms with Gasteiger partial charge in [0.1, 0.15) is 16.6 Å². The molecule has 0 bridgehead atoms. The van der Waals surface area contributed by atoms with E-state index in [0.29, 0.717) is 19.5 Å². The SMILES string of the molecule is O=C(NCc1csc(-c2ccccc2)n1)C1CCCN1C(=O)c1ccc[nH]c1=O. The molecule has 0 aliphatic carbocycles. The predicted octanol–water partition coefficient (Wildman–Crippen LogP) is 2.42. The van der Waals surface area contributed by atoms with E-state index in [-0.39, 0.29) is 11.5 Å². The Bertz CT molecular complexity index is 1080. The third-order valence-electron chi connectivity index (χ3n) is 4.88. The molecule has 3 heterocycles. The van der Waals surface area contributed by atoms with Gasteiger partial charge in [-0.1, -0.05) is 30.3 Å². The molecule has 1 unspecified atom stereocenters. The van der Waals surface area contributed by atoms with Crippen LogP contribution in [-0.4, -0.2) is 39.3 Å². The zero-order valence-electron chi connectivity index (χ0n) is 15.6. The van der Waals surface area contributed by atoms with Gasteiger partial charge in [-0.25, -0.2) is 4.98 Å². The second-order valence-electron chi connectivity index (χ2n) is 6.80. The molecule has 2 aromatic heterocycles. The maximum Gasteiger partial charge on any atom is 0.260 e. The van der Waals surface area contributed by atoms with E-state index in [1.807, 2.05) is 35.7 Å². The van der Waals surface area contributed by atoms with Crippen LogP contribution in [0.4, 0.5) is 0 Å². The van der Waals surface area contributed by atoms with E-state index in [4.69, 9.17) is 0 Å². The Morgan fingerprint density at radius 1 is 1.21 bits per heavy atom. The molecule has 1 aromatic carbocycles. The second-order valence-corrected chi connectivity index (χ2v) is 7.66. The minimum atomic E-state index is -0.575. The van der Waals surface area contributed by atoms with Crippen molar-refractivity contribution in [2.45, 2.75) is 25.4 Å². The van der Waals surface area contributed by atoms with Crippen molar-refractivity contribution in [3.8, 4) is 10.6 Å². The van der Waals surface area contributed by atoms with E-state index in [0.717, 1.165) is 22.7 Å². The number of rotatable bonds is 5. The van der Waals surface area contributed by atoms with Gasteiger partial charge in [0.15, 0.2) is 0 Å². The smallest absolute Gasteiger partial charge is 0.260 e. The third-order valence-corrected chi connectivity index (χ3v) is 5.82. The number of aromatic nitrogens is 2. The second kappa shape index (κ2) is 8.40. The van der Waals surface area contributed by atoms with Crippen LogP contribution in [-0.2, 0) is 11.3 Å². The zero-order chi connectivity index (χ0) is 20.2. The molecule has 0 spiro atoms. The summed E-state index contributed by atoms with van der Waals surface area (Å²) in [6, 6.07) is 12.4. The number of benzene rings is 1. The number of likely N-dealkylation sites (tertiary alicyclic amines) is 1. The molecule has 8 heteroatoms. The summed E-state index contributed by atoms with van der Waals surface area (Å²) in [7, 11) is 0. The minimum absolute atomic E-state index is 0.0548. The molecule has 7 nitrogen and oxygen atoms in total. The molecule has 29 heavy (non-hydrogen) atoms. The Morgan fingerprint density at radius 3 is 2.83 bits per heavy atom. The van der Waals surface area contributed by atoms with Crippen LogP contribution in [0.3, 0.4) is 0 Å². The molecule has 4 rings (SSSR count). The van der Waals surface area contributed by atoms with E-state index in [9.17, 15) is 14.4 Å². The van der Waals surface area contributed by atoms with Gasteiger partial charge < -0.3 is 15.2 Å². The van der Waals surface area contributed by atoms with Crippen LogP contribution in [0.2, 0.25) is 0 Å². The van der Waals surface area contributed by atoms with Gasteiger partial charge in [0.25, 0.3) is 11.5 Å². The average Bonchev–Trinajstić information content (AvgIpc) is 3.42. The Morgan fingerprint density at radius 2 is 2.03 bits per heavy atom. The molecule has 1 aliphatic rings. The number of hydrogen-bond donors (Lipinski definition) is 2. The number of thiazole rings is 1. The van der Waals surface area contributed by atoms with Crippen molar-refractivity contribution < 1.29 is 9.59 Å². The molecule has 0 radical (unpaired) electrons. The molecule has 0 saturated carbocycles. The largest absolute Gasteiger partial charge is 0.349 e. The van der Waals surface area contributed by atoms with Crippen LogP contribution in [0, 0.1) is 0 Å². The quantitative estimate of drug-likeness (QED) is 0.678. The van der Waals surface area contributed by atoms with Gasteiger partial charge >= 0.3 is 0 Å². The maximum atomic E-state index is 12.7. The van der Waals surface area contributed by atoms with E-state index in [1.54, 1.807) is 6.07 Å². The number of nitrogens with one attached hydrogen (secondary N) is 2. The van der Waals surface area contributed by atoms with Gasteiger partial charge in [-0.05, 0) is 25.0 Å². The number of aromatic amines is 1. The Kier molecular flexibility index (Phi) is 5.53. The average molecular weight is 408 g/mol. The van der Waals surface area contributed by atoms with Crippen LogP contribution in [0.1, 0.15) is 28.9 Å². The summed E-state index contributed by atoms with van der Waals surface area (Å²) in [5.74, 6) is -0.637. The first-order valence-corrected chi connectivity index (χ1v) is 10.3. The van der Waals surface area contributed by atoms with Crippen LogP contribution in [0.25, 0.3) is 10.6 Å². The fourth-order valence-corrected chi connectivity index (χ4v) is 4.25. The van der Waals surface area contributed by atoms with E-state index in [1.165, 1.54) is 28.5 Å². The molecule has 3 aromatic rings. The predicted molar refractivity (Wildman–Crippen MR) is 111 cm³/mol. The lowest BCUT2D eigenvalue weighted by molar-refractivity contribution is -0.125. The molecular weight excluding hydrogens is 388 g/mol. The molecule has 1 atom stereocenters. The van der Waals surface area contributed by atoms with Gasteiger partial charge in [0, 0.05) is 23.7 Å². The number of pyridine rings is 1. The third kappa shape index (κ3) is 4.12. The monoisotopic (exact) mass is 408 g/mol. The minimum Gasteiger partial charge on any atom is -0.349 e. The molecule has 2 N–H and O–H groups in total. The Labute approximate surface area is 171 Å². The van der Waals surface area contributed by atoms with Gasteiger partial charge in [-0.15, -0.1) is 11.3 Å². The van der Waals surface area contributed by atoms with Gasteiger partial charge in [-0.3, -0.25) is 14.4 Å². The molecule has 1 aliphatic heterocycles. The molecule has 1 fully saturated rings. The summed E-state index contributed by atoms with van der Waals surface area (Å²) in [5, 5.41) is 5.70. The van der Waals surface area contributed by atoms with Crippen LogP contribution in [0.5, 0.6) is 0 Å². The Hall–Kier alpha value is -3.26. The number of carbonyl (C=O) groups is 2. The molecular formula is C21H20N4O3S. The van der Waals surface area contributed by atoms with Crippen molar-refractivity contribution in [2.75, 3.05) is 6.54 Å². The lowest BCUT2D eigenvalue weighted by atomic mass is 10.2. The highest BCUT2D eigenvalue weighted by atomic mass is 32.1. The summed E-state index contributed by atoms with van der Waals surface area (Å²) in [4.78, 5) is 45.9. The van der Waals surface area contributed by atoms with Crippen molar-refractivity contribution in [1.82, 2.24) is 20.2 Å². The first-order valence-electron chi connectivity index (χ1n) is 9.39. The van der Waals surface area contributed by atoms with Gasteiger partial charge in [-0.2, -0.15) is 0 Å². The van der Waals surface area contributed by atoms with Crippen LogP contribution < -0.4 is 10.9 Å². The Balaban J connectivity index is 1.41. The first kappa shape index (κ1) is 19.1. The first-order chi connectivity index (χ1) is 14.1. The lowest BCUT2D eigenvalue weighted by Gasteiger charge is -2.23. The lowest BCUT2D eigenvalue weighted by Crippen LogP contribution is -2.46. The zero-order valence-corrected chi connectivity index (χ0v) is 16.4. The fourth-order valence-electron chi connectivity index (χ4n) is 3.42. The van der Waals surface area contributed by atoms with Gasteiger partial charge in [0.05, 0.1) is 12.2 Å².